The molecule has 0 aromatic heterocycles. The minimum atomic E-state index is 0.497. The Kier molecular flexibility index (Phi) is 5.34. The summed E-state index contributed by atoms with van der Waals surface area (Å²) in [5, 5.41) is 3.57. The fourth-order valence-electron chi connectivity index (χ4n) is 1.70. The van der Waals surface area contributed by atoms with E-state index in [4.69, 9.17) is 0 Å². The summed E-state index contributed by atoms with van der Waals surface area (Å²) in [5.41, 5.74) is 2.70. The van der Waals surface area contributed by atoms with Crippen molar-refractivity contribution in [3.63, 3.8) is 0 Å². The van der Waals surface area contributed by atoms with Crippen LogP contribution in [0.4, 0.5) is 0 Å². The molecule has 15 heavy (non-hydrogen) atoms. The van der Waals surface area contributed by atoms with Crippen molar-refractivity contribution in [2.75, 3.05) is 6.54 Å². The lowest BCUT2D eigenvalue weighted by atomic mass is 10.0. The molecule has 0 aliphatic rings. The molecule has 0 aliphatic heterocycles. The lowest BCUT2D eigenvalue weighted by molar-refractivity contribution is 0.518. The lowest BCUT2D eigenvalue weighted by Crippen LogP contribution is -2.21. The van der Waals surface area contributed by atoms with Gasteiger partial charge in [-0.05, 0) is 43.5 Å². The molecule has 1 nitrogen and oxygen atoms in total. The molecule has 1 N–H and O–H groups in total. The molecule has 0 radical (unpaired) electrons. The van der Waals surface area contributed by atoms with Crippen molar-refractivity contribution >= 4 is 15.9 Å². The lowest BCUT2D eigenvalue weighted by Gasteiger charge is -2.17. The Bertz CT molecular complexity index is 309. The second-order valence-electron chi connectivity index (χ2n) is 3.92. The van der Waals surface area contributed by atoms with E-state index in [0.717, 1.165) is 13.0 Å². The fourth-order valence-corrected chi connectivity index (χ4v) is 1.95. The van der Waals surface area contributed by atoms with Crippen molar-refractivity contribution in [3.8, 4) is 0 Å². The number of halogens is 1. The van der Waals surface area contributed by atoms with Crippen molar-refractivity contribution in [1.82, 2.24) is 5.32 Å². The maximum absolute atomic E-state index is 3.57. The van der Waals surface area contributed by atoms with E-state index in [1.165, 1.54) is 22.0 Å². The zero-order valence-corrected chi connectivity index (χ0v) is 11.4. The Morgan fingerprint density at radius 2 is 2.07 bits per heavy atom. The third kappa shape index (κ3) is 3.62. The first kappa shape index (κ1) is 12.7. The maximum atomic E-state index is 3.57. The van der Waals surface area contributed by atoms with Crippen LogP contribution in [-0.4, -0.2) is 6.54 Å². The summed E-state index contributed by atoms with van der Waals surface area (Å²) in [4.78, 5) is 0. The second-order valence-corrected chi connectivity index (χ2v) is 4.78. The van der Waals surface area contributed by atoms with Crippen molar-refractivity contribution in [3.05, 3.63) is 33.8 Å². The Labute approximate surface area is 101 Å². The van der Waals surface area contributed by atoms with Gasteiger partial charge in [-0.3, -0.25) is 0 Å². The molecular formula is C13H20BrN. The average molecular weight is 270 g/mol. The largest absolute Gasteiger partial charge is 0.310 e. The molecule has 0 aliphatic carbocycles. The van der Waals surface area contributed by atoms with Crippen molar-refractivity contribution in [2.45, 2.75) is 39.7 Å². The molecule has 0 spiro atoms. The molecule has 1 aromatic carbocycles. The van der Waals surface area contributed by atoms with Crippen LogP contribution in [0.5, 0.6) is 0 Å². The fraction of sp³-hybridized carbons (Fsp3) is 0.538. The Morgan fingerprint density at radius 3 is 2.60 bits per heavy atom. The summed E-state index contributed by atoms with van der Waals surface area (Å²) >= 11 is 3.53. The number of rotatable bonds is 5. The quantitative estimate of drug-likeness (QED) is 0.845. The Balaban J connectivity index is 2.78. The summed E-state index contributed by atoms with van der Waals surface area (Å²) in [5.74, 6) is 0. The topological polar surface area (TPSA) is 12.0 Å². The van der Waals surface area contributed by atoms with Gasteiger partial charge < -0.3 is 5.32 Å². The molecule has 1 rings (SSSR count). The molecule has 0 amide bonds. The molecule has 1 unspecified atom stereocenters. The van der Waals surface area contributed by atoms with E-state index in [0.29, 0.717) is 6.04 Å². The summed E-state index contributed by atoms with van der Waals surface area (Å²) in [6.45, 7) is 7.66. The van der Waals surface area contributed by atoms with E-state index in [-0.39, 0.29) is 0 Å². The molecule has 84 valence electrons. The molecule has 0 saturated carbocycles. The van der Waals surface area contributed by atoms with Crippen LogP contribution < -0.4 is 5.32 Å². The van der Waals surface area contributed by atoms with Gasteiger partial charge in [0.1, 0.15) is 0 Å². The van der Waals surface area contributed by atoms with Gasteiger partial charge in [0.2, 0.25) is 0 Å². The van der Waals surface area contributed by atoms with E-state index >= 15 is 0 Å². The predicted molar refractivity (Wildman–Crippen MR) is 70.2 cm³/mol. The van der Waals surface area contributed by atoms with Gasteiger partial charge in [-0.1, -0.05) is 41.9 Å². The van der Waals surface area contributed by atoms with E-state index < -0.39 is 0 Å². The minimum absolute atomic E-state index is 0.497. The number of nitrogens with one attached hydrogen (secondary N) is 1. The number of benzene rings is 1. The van der Waals surface area contributed by atoms with Gasteiger partial charge in [0.15, 0.2) is 0 Å². The van der Waals surface area contributed by atoms with Gasteiger partial charge in [-0.2, -0.15) is 0 Å². The van der Waals surface area contributed by atoms with E-state index in [9.17, 15) is 0 Å². The molecule has 0 fully saturated rings. The standard InChI is InChI=1S/C13H20BrN/c1-4-8-15-13(5-2)11-6-7-12(14)10(3)9-11/h6-7,9,13,15H,4-5,8H2,1-3H3. The molecule has 2 heteroatoms. The summed E-state index contributed by atoms with van der Waals surface area (Å²) in [6, 6.07) is 7.10. The van der Waals surface area contributed by atoms with E-state index in [1.807, 2.05) is 0 Å². The van der Waals surface area contributed by atoms with Crippen molar-refractivity contribution in [2.24, 2.45) is 0 Å². The highest BCUT2D eigenvalue weighted by molar-refractivity contribution is 9.10. The van der Waals surface area contributed by atoms with Crippen LogP contribution in [0.25, 0.3) is 0 Å². The minimum Gasteiger partial charge on any atom is -0.310 e. The monoisotopic (exact) mass is 269 g/mol. The first-order chi connectivity index (χ1) is 7.19. The number of aryl methyl sites for hydroxylation is 1. The number of hydrogen-bond donors (Lipinski definition) is 1. The van der Waals surface area contributed by atoms with Crippen molar-refractivity contribution in [1.29, 1.82) is 0 Å². The molecule has 0 saturated heterocycles. The van der Waals surface area contributed by atoms with E-state index in [2.05, 4.69) is 60.2 Å². The highest BCUT2D eigenvalue weighted by atomic mass is 79.9. The van der Waals surface area contributed by atoms with Gasteiger partial charge in [-0.15, -0.1) is 0 Å². The molecule has 0 bridgehead atoms. The summed E-state index contributed by atoms with van der Waals surface area (Å²) < 4.78 is 1.19. The highest BCUT2D eigenvalue weighted by Gasteiger charge is 2.08. The van der Waals surface area contributed by atoms with Crippen molar-refractivity contribution < 1.29 is 0 Å². The van der Waals surface area contributed by atoms with Crippen LogP contribution in [0.3, 0.4) is 0 Å². The summed E-state index contributed by atoms with van der Waals surface area (Å²) in [6.07, 6.45) is 2.33. The maximum Gasteiger partial charge on any atom is 0.0317 e. The first-order valence-electron chi connectivity index (χ1n) is 5.68. The molecular weight excluding hydrogens is 250 g/mol. The second kappa shape index (κ2) is 6.29. The van der Waals surface area contributed by atoms with Crippen LogP contribution in [-0.2, 0) is 0 Å². The average Bonchev–Trinajstić information content (AvgIpc) is 2.24. The van der Waals surface area contributed by atoms with Crippen LogP contribution in [0.1, 0.15) is 43.9 Å². The van der Waals surface area contributed by atoms with Crippen LogP contribution in [0.15, 0.2) is 22.7 Å². The van der Waals surface area contributed by atoms with Gasteiger partial charge in [0, 0.05) is 10.5 Å². The van der Waals surface area contributed by atoms with E-state index in [1.54, 1.807) is 0 Å². The third-order valence-corrected chi connectivity index (χ3v) is 3.52. The highest BCUT2D eigenvalue weighted by Crippen LogP contribution is 2.22. The first-order valence-corrected chi connectivity index (χ1v) is 6.47. The molecule has 1 atom stereocenters. The zero-order valence-electron chi connectivity index (χ0n) is 9.81. The Morgan fingerprint density at radius 1 is 1.33 bits per heavy atom. The molecule has 1 aromatic rings. The summed E-state index contributed by atoms with van der Waals surface area (Å²) in [7, 11) is 0. The zero-order chi connectivity index (χ0) is 11.3. The predicted octanol–water partition coefficient (Wildman–Crippen LogP) is 4.21. The van der Waals surface area contributed by atoms with Gasteiger partial charge in [-0.25, -0.2) is 0 Å². The normalized spacial score (nSPS) is 12.8. The SMILES string of the molecule is CCCNC(CC)c1ccc(Br)c(C)c1. The smallest absolute Gasteiger partial charge is 0.0317 e. The molecule has 0 heterocycles. The Hall–Kier alpha value is -0.340. The van der Waals surface area contributed by atoms with Crippen LogP contribution in [0.2, 0.25) is 0 Å². The van der Waals surface area contributed by atoms with Gasteiger partial charge in [0.25, 0.3) is 0 Å². The number of hydrogen-bond acceptors (Lipinski definition) is 1. The van der Waals surface area contributed by atoms with Gasteiger partial charge >= 0.3 is 0 Å². The van der Waals surface area contributed by atoms with Gasteiger partial charge in [0.05, 0.1) is 0 Å². The van der Waals surface area contributed by atoms with Crippen LogP contribution in [0, 0.1) is 6.92 Å². The third-order valence-electron chi connectivity index (χ3n) is 2.63. The van der Waals surface area contributed by atoms with Crippen LogP contribution >= 0.6 is 15.9 Å².